The highest BCUT2D eigenvalue weighted by Gasteiger charge is 2.03. The number of hydrogen-bond acceptors (Lipinski definition) is 1. The highest BCUT2D eigenvalue weighted by Crippen LogP contribution is 2.19. The van der Waals surface area contributed by atoms with Gasteiger partial charge in [0.25, 0.3) is 0 Å². The molecule has 0 saturated heterocycles. The molecule has 0 saturated carbocycles. The Morgan fingerprint density at radius 1 is 1.06 bits per heavy atom. The number of rotatable bonds is 2. The third-order valence-electron chi connectivity index (χ3n) is 3.02. The maximum Gasteiger partial charge on any atom is 0.137 e. The second-order valence-electron chi connectivity index (χ2n) is 4.14. The molecule has 3 heteroatoms. The summed E-state index contributed by atoms with van der Waals surface area (Å²) in [5, 5.41) is 0. The summed E-state index contributed by atoms with van der Waals surface area (Å²) in [6.07, 6.45) is 5.16. The minimum Gasteiger partial charge on any atom is -1.00 e. The van der Waals surface area contributed by atoms with Gasteiger partial charge in [0.15, 0.2) is 0 Å². The molecule has 0 amide bonds. The van der Waals surface area contributed by atoms with Gasteiger partial charge in [-0.1, -0.05) is 37.3 Å². The standard InChI is InChI=1S/C15H14N2.HI/c1-2-12-6-8-13(9-7-12)14-11-17-10-4-3-5-15(17)16-14;/h3-11H,2H2,1H3;1H/p-1. The van der Waals surface area contributed by atoms with E-state index in [0.717, 1.165) is 17.8 Å². The quantitative estimate of drug-likeness (QED) is 0.619. The highest BCUT2D eigenvalue weighted by atomic mass is 127. The Hall–Kier alpha value is -1.36. The van der Waals surface area contributed by atoms with E-state index in [1.165, 1.54) is 11.1 Å². The first-order valence-electron chi connectivity index (χ1n) is 5.90. The van der Waals surface area contributed by atoms with E-state index >= 15 is 0 Å². The number of pyridine rings is 1. The van der Waals surface area contributed by atoms with Crippen molar-refractivity contribution in [1.29, 1.82) is 0 Å². The lowest BCUT2D eigenvalue weighted by molar-refractivity contribution is -0.00000351. The van der Waals surface area contributed by atoms with E-state index < -0.39 is 0 Å². The smallest absolute Gasteiger partial charge is 0.137 e. The first kappa shape index (κ1) is 13.1. The molecular weight excluding hydrogens is 335 g/mol. The van der Waals surface area contributed by atoms with Gasteiger partial charge in [-0.05, 0) is 24.1 Å². The van der Waals surface area contributed by atoms with Crippen LogP contribution in [-0.2, 0) is 6.42 Å². The maximum atomic E-state index is 4.60. The second kappa shape index (κ2) is 5.52. The number of halogens is 1. The van der Waals surface area contributed by atoms with Crippen LogP contribution >= 0.6 is 0 Å². The first-order chi connectivity index (χ1) is 8.36. The van der Waals surface area contributed by atoms with Gasteiger partial charge >= 0.3 is 0 Å². The average molecular weight is 349 g/mol. The van der Waals surface area contributed by atoms with Crippen LogP contribution in [0.1, 0.15) is 12.5 Å². The molecule has 0 bridgehead atoms. The Kier molecular flexibility index (Phi) is 4.01. The van der Waals surface area contributed by atoms with E-state index in [1.54, 1.807) is 0 Å². The van der Waals surface area contributed by atoms with E-state index in [-0.39, 0.29) is 24.0 Å². The minimum absolute atomic E-state index is 0. The second-order valence-corrected chi connectivity index (χ2v) is 4.14. The van der Waals surface area contributed by atoms with Gasteiger partial charge in [0, 0.05) is 18.0 Å². The normalized spacial score (nSPS) is 10.3. The fourth-order valence-electron chi connectivity index (χ4n) is 1.98. The zero-order valence-corrected chi connectivity index (χ0v) is 12.3. The number of aromatic nitrogens is 2. The molecule has 2 aromatic heterocycles. The van der Waals surface area contributed by atoms with Crippen molar-refractivity contribution in [2.45, 2.75) is 13.3 Å². The van der Waals surface area contributed by atoms with Crippen molar-refractivity contribution in [3.63, 3.8) is 0 Å². The zero-order chi connectivity index (χ0) is 11.7. The SMILES string of the molecule is CCc1ccc(-c2cn3ccccc3n2)cc1.[I-]. The van der Waals surface area contributed by atoms with Crippen LogP contribution < -0.4 is 24.0 Å². The van der Waals surface area contributed by atoms with E-state index in [9.17, 15) is 0 Å². The van der Waals surface area contributed by atoms with Crippen LogP contribution in [0.25, 0.3) is 16.9 Å². The van der Waals surface area contributed by atoms with Gasteiger partial charge in [0.2, 0.25) is 0 Å². The van der Waals surface area contributed by atoms with Crippen molar-refractivity contribution in [2.75, 3.05) is 0 Å². The molecule has 18 heavy (non-hydrogen) atoms. The molecule has 0 unspecified atom stereocenters. The van der Waals surface area contributed by atoms with E-state index in [1.807, 2.05) is 28.8 Å². The molecule has 1 aromatic carbocycles. The topological polar surface area (TPSA) is 17.3 Å². The summed E-state index contributed by atoms with van der Waals surface area (Å²) in [7, 11) is 0. The van der Waals surface area contributed by atoms with Crippen molar-refractivity contribution in [3.05, 3.63) is 60.4 Å². The predicted octanol–water partition coefficient (Wildman–Crippen LogP) is 0.568. The Bertz CT molecular complexity index is 608. The summed E-state index contributed by atoms with van der Waals surface area (Å²) >= 11 is 0. The number of nitrogens with zero attached hydrogens (tertiary/aromatic N) is 2. The lowest BCUT2D eigenvalue weighted by Gasteiger charge is -1.98. The molecule has 0 fully saturated rings. The molecule has 2 nitrogen and oxygen atoms in total. The van der Waals surface area contributed by atoms with Crippen LogP contribution in [0.2, 0.25) is 0 Å². The third-order valence-corrected chi connectivity index (χ3v) is 3.02. The van der Waals surface area contributed by atoms with Crippen LogP contribution in [0.5, 0.6) is 0 Å². The van der Waals surface area contributed by atoms with Crippen molar-refractivity contribution in [3.8, 4) is 11.3 Å². The number of aryl methyl sites for hydroxylation is 1. The van der Waals surface area contributed by atoms with Gasteiger partial charge in [-0.15, -0.1) is 0 Å². The summed E-state index contributed by atoms with van der Waals surface area (Å²) < 4.78 is 2.04. The van der Waals surface area contributed by atoms with E-state index in [2.05, 4.69) is 42.4 Å². The fraction of sp³-hybridized carbons (Fsp3) is 0.133. The molecule has 0 N–H and O–H groups in total. The Morgan fingerprint density at radius 2 is 1.83 bits per heavy atom. The van der Waals surface area contributed by atoms with Crippen molar-refractivity contribution < 1.29 is 24.0 Å². The van der Waals surface area contributed by atoms with Gasteiger partial charge in [-0.3, -0.25) is 0 Å². The Balaban J connectivity index is 0.00000120. The largest absolute Gasteiger partial charge is 1.00 e. The van der Waals surface area contributed by atoms with Gasteiger partial charge < -0.3 is 28.4 Å². The highest BCUT2D eigenvalue weighted by molar-refractivity contribution is 5.62. The van der Waals surface area contributed by atoms with E-state index in [0.29, 0.717) is 0 Å². The Labute approximate surface area is 124 Å². The van der Waals surface area contributed by atoms with Gasteiger partial charge in [-0.2, -0.15) is 0 Å². The lowest BCUT2D eigenvalue weighted by Crippen LogP contribution is -3.00. The number of fused-ring (bicyclic) bond motifs is 1. The van der Waals surface area contributed by atoms with Gasteiger partial charge in [-0.25, -0.2) is 4.98 Å². The molecule has 0 aliphatic carbocycles. The minimum atomic E-state index is 0. The summed E-state index contributed by atoms with van der Waals surface area (Å²) in [5.74, 6) is 0. The fourth-order valence-corrected chi connectivity index (χ4v) is 1.98. The molecule has 3 rings (SSSR count). The molecule has 0 atom stereocenters. The maximum absolute atomic E-state index is 4.60. The molecule has 0 aliphatic rings. The summed E-state index contributed by atoms with van der Waals surface area (Å²) in [5.41, 5.74) is 4.55. The molecule has 92 valence electrons. The predicted molar refractivity (Wildman–Crippen MR) is 70.0 cm³/mol. The van der Waals surface area contributed by atoms with Crippen LogP contribution in [0.3, 0.4) is 0 Å². The molecule has 0 spiro atoms. The van der Waals surface area contributed by atoms with Gasteiger partial charge in [0.1, 0.15) is 5.65 Å². The van der Waals surface area contributed by atoms with Crippen molar-refractivity contribution in [1.82, 2.24) is 9.38 Å². The lowest BCUT2D eigenvalue weighted by atomic mass is 10.1. The van der Waals surface area contributed by atoms with Gasteiger partial charge in [0.05, 0.1) is 5.69 Å². The molecule has 0 aliphatic heterocycles. The first-order valence-corrected chi connectivity index (χ1v) is 5.90. The zero-order valence-electron chi connectivity index (χ0n) is 10.2. The molecule has 0 radical (unpaired) electrons. The van der Waals surface area contributed by atoms with Crippen molar-refractivity contribution >= 4 is 5.65 Å². The third kappa shape index (κ3) is 2.41. The van der Waals surface area contributed by atoms with Crippen LogP contribution in [0.15, 0.2) is 54.9 Å². The van der Waals surface area contributed by atoms with Crippen LogP contribution in [0, 0.1) is 0 Å². The number of benzene rings is 1. The Morgan fingerprint density at radius 3 is 2.50 bits per heavy atom. The average Bonchev–Trinajstić information content (AvgIpc) is 2.82. The number of hydrogen-bond donors (Lipinski definition) is 0. The number of imidazole rings is 1. The molecular formula is C15H14IN2-. The summed E-state index contributed by atoms with van der Waals surface area (Å²) in [6.45, 7) is 2.17. The summed E-state index contributed by atoms with van der Waals surface area (Å²) in [4.78, 5) is 4.60. The molecule has 3 aromatic rings. The monoisotopic (exact) mass is 349 g/mol. The van der Waals surface area contributed by atoms with Crippen LogP contribution in [-0.4, -0.2) is 9.38 Å². The van der Waals surface area contributed by atoms with Crippen LogP contribution in [0.4, 0.5) is 0 Å². The summed E-state index contributed by atoms with van der Waals surface area (Å²) in [6, 6.07) is 14.6. The molecule has 2 heterocycles. The van der Waals surface area contributed by atoms with E-state index in [4.69, 9.17) is 0 Å². The van der Waals surface area contributed by atoms with Crippen molar-refractivity contribution in [2.24, 2.45) is 0 Å².